The van der Waals surface area contributed by atoms with Crippen molar-refractivity contribution >= 4 is 28.9 Å². The van der Waals surface area contributed by atoms with Gasteiger partial charge in [0.2, 0.25) is 0 Å². The van der Waals surface area contributed by atoms with Crippen molar-refractivity contribution in [1.29, 1.82) is 0 Å². The fourth-order valence-electron chi connectivity index (χ4n) is 1.22. The molecule has 0 aromatic heterocycles. The molecule has 0 aliphatic carbocycles. The predicted molar refractivity (Wildman–Crippen MR) is 60.0 cm³/mol. The Bertz CT molecular complexity index is 81.6. The summed E-state index contributed by atoms with van der Waals surface area (Å²) in [5, 5.41) is 0. The molecule has 0 rings (SSSR count). The van der Waals surface area contributed by atoms with Crippen molar-refractivity contribution in [2.75, 3.05) is 0 Å². The average Bonchev–Trinajstić information content (AvgIpc) is 1.97. The standard InChI is InChI=1S/2C4H9.CH3.BrH.Sn/c2*1-3-4-2;;;/h2*1,3-4H2,2H3;1H3;1H;/q;;;;+1/p-1. The number of halogens is 1. The van der Waals surface area contributed by atoms with E-state index in [9.17, 15) is 0 Å². The third kappa shape index (κ3) is 7.63. The average molecular weight is 328 g/mol. The Hall–Kier alpha value is 1.28. The van der Waals surface area contributed by atoms with Crippen LogP contribution in [0.4, 0.5) is 0 Å². The molecule has 0 heterocycles. The van der Waals surface area contributed by atoms with E-state index in [1.165, 1.54) is 34.6 Å². The summed E-state index contributed by atoms with van der Waals surface area (Å²) in [6, 6.07) is 0. The first-order valence-electron chi connectivity index (χ1n) is 4.81. The summed E-state index contributed by atoms with van der Waals surface area (Å²) in [4.78, 5) is 2.53. The summed E-state index contributed by atoms with van der Waals surface area (Å²) >= 11 is 2.37. The van der Waals surface area contributed by atoms with Crippen LogP contribution in [-0.4, -0.2) is 16.2 Å². The molecule has 0 radical (unpaired) electrons. The van der Waals surface area contributed by atoms with Crippen LogP contribution in [0.3, 0.4) is 0 Å². The summed E-state index contributed by atoms with van der Waals surface area (Å²) in [7, 11) is 0. The molecule has 0 amide bonds. The van der Waals surface area contributed by atoms with E-state index < -0.39 is 16.2 Å². The van der Waals surface area contributed by atoms with E-state index in [1.54, 1.807) is 0 Å². The van der Waals surface area contributed by atoms with Crippen molar-refractivity contribution in [3.63, 3.8) is 0 Å². The van der Waals surface area contributed by atoms with Crippen LogP contribution in [-0.2, 0) is 0 Å². The van der Waals surface area contributed by atoms with Gasteiger partial charge in [-0.3, -0.25) is 0 Å². The molecule has 0 nitrogen and oxygen atoms in total. The van der Waals surface area contributed by atoms with Crippen LogP contribution < -0.4 is 0 Å². The zero-order valence-corrected chi connectivity index (χ0v) is 12.6. The van der Waals surface area contributed by atoms with Crippen LogP contribution in [0.2, 0.25) is 13.8 Å². The molecule has 11 heavy (non-hydrogen) atoms. The molecule has 0 unspecified atom stereocenters. The van der Waals surface area contributed by atoms with Gasteiger partial charge in [0, 0.05) is 0 Å². The third-order valence-corrected chi connectivity index (χ3v) is 15.4. The zero-order valence-electron chi connectivity index (χ0n) is 8.12. The van der Waals surface area contributed by atoms with Gasteiger partial charge in [-0.05, 0) is 0 Å². The Morgan fingerprint density at radius 1 is 1.00 bits per heavy atom. The van der Waals surface area contributed by atoms with Gasteiger partial charge in [-0.25, -0.2) is 0 Å². The first-order chi connectivity index (χ1) is 5.12. The van der Waals surface area contributed by atoms with Crippen LogP contribution in [0, 0.1) is 0 Å². The van der Waals surface area contributed by atoms with E-state index in [-0.39, 0.29) is 0 Å². The Kier molecular flexibility index (Phi) is 7.54. The second kappa shape index (κ2) is 6.76. The molecule has 2 heteroatoms. The van der Waals surface area contributed by atoms with Gasteiger partial charge >= 0.3 is 82.2 Å². The van der Waals surface area contributed by atoms with E-state index in [2.05, 4.69) is 31.5 Å². The fourth-order valence-corrected chi connectivity index (χ4v) is 11.9. The second-order valence-corrected chi connectivity index (χ2v) is 27.4. The van der Waals surface area contributed by atoms with Crippen LogP contribution in [0.5, 0.6) is 0 Å². The molecule has 0 bridgehead atoms. The van der Waals surface area contributed by atoms with Gasteiger partial charge in [0.25, 0.3) is 0 Å². The molecule has 0 N–H and O–H groups in total. The Morgan fingerprint density at radius 3 is 1.64 bits per heavy atom. The molecule has 0 aliphatic rings. The number of hydrogen-bond acceptors (Lipinski definition) is 0. The predicted octanol–water partition coefficient (Wildman–Crippen LogP) is 4.56. The van der Waals surface area contributed by atoms with Crippen LogP contribution >= 0.6 is 12.7 Å². The quantitative estimate of drug-likeness (QED) is 0.627. The molecule has 0 aromatic rings. The van der Waals surface area contributed by atoms with Gasteiger partial charge in [0.15, 0.2) is 0 Å². The maximum atomic E-state index is 3.99. The molecule has 0 saturated heterocycles. The van der Waals surface area contributed by atoms with Gasteiger partial charge in [-0.15, -0.1) is 0 Å². The van der Waals surface area contributed by atoms with Crippen molar-refractivity contribution in [1.82, 2.24) is 0 Å². The van der Waals surface area contributed by atoms with Gasteiger partial charge in [-0.1, -0.05) is 0 Å². The third-order valence-electron chi connectivity index (χ3n) is 2.10. The summed E-state index contributed by atoms with van der Waals surface area (Å²) in [5.74, 6) is 0. The molecular formula is C9H21BrSn. The van der Waals surface area contributed by atoms with Crippen molar-refractivity contribution < 1.29 is 0 Å². The van der Waals surface area contributed by atoms with Crippen LogP contribution in [0.25, 0.3) is 0 Å². The van der Waals surface area contributed by atoms with Crippen molar-refractivity contribution in [3.05, 3.63) is 0 Å². The SMILES string of the molecule is CCC[CH2][Sn]([CH3])([Br])[CH2]CCC. The second-order valence-electron chi connectivity index (χ2n) is 3.62. The van der Waals surface area contributed by atoms with Gasteiger partial charge in [0.05, 0.1) is 0 Å². The first kappa shape index (κ1) is 12.3. The minimum atomic E-state index is -1.62. The fraction of sp³-hybridized carbons (Fsp3) is 1.00. The molecule has 0 aliphatic heterocycles. The van der Waals surface area contributed by atoms with Crippen molar-refractivity contribution in [2.24, 2.45) is 0 Å². The summed E-state index contributed by atoms with van der Waals surface area (Å²) in [6.07, 6.45) is 5.62. The van der Waals surface area contributed by atoms with Crippen LogP contribution in [0.15, 0.2) is 0 Å². The molecule has 0 aromatic carbocycles. The van der Waals surface area contributed by atoms with E-state index >= 15 is 0 Å². The van der Waals surface area contributed by atoms with Gasteiger partial charge < -0.3 is 0 Å². The van der Waals surface area contributed by atoms with E-state index in [1.807, 2.05) is 0 Å². The van der Waals surface area contributed by atoms with Crippen molar-refractivity contribution in [3.8, 4) is 0 Å². The Morgan fingerprint density at radius 2 is 1.36 bits per heavy atom. The van der Waals surface area contributed by atoms with E-state index in [4.69, 9.17) is 0 Å². The Labute approximate surface area is 81.8 Å². The van der Waals surface area contributed by atoms with Gasteiger partial charge in [0.1, 0.15) is 0 Å². The maximum absolute atomic E-state index is 3.99. The van der Waals surface area contributed by atoms with Crippen LogP contribution in [0.1, 0.15) is 39.5 Å². The molecule has 68 valence electrons. The molecule has 0 spiro atoms. The molecule has 0 atom stereocenters. The number of hydrogen-bond donors (Lipinski definition) is 0. The Balaban J connectivity index is 3.43. The van der Waals surface area contributed by atoms with Gasteiger partial charge in [-0.2, -0.15) is 0 Å². The number of rotatable bonds is 6. The molecular weight excluding hydrogens is 307 g/mol. The zero-order chi connectivity index (χ0) is 8.74. The van der Waals surface area contributed by atoms with Crippen molar-refractivity contribution in [2.45, 2.75) is 53.3 Å². The normalized spacial score (nSPS) is 12.0. The summed E-state index contributed by atoms with van der Waals surface area (Å²) < 4.78 is 3.07. The monoisotopic (exact) mass is 328 g/mol. The number of unbranched alkanes of at least 4 members (excludes halogenated alkanes) is 2. The van der Waals surface area contributed by atoms with E-state index in [0.717, 1.165) is 0 Å². The molecule has 0 fully saturated rings. The molecule has 0 saturated carbocycles. The summed E-state index contributed by atoms with van der Waals surface area (Å²) in [6.45, 7) is 4.57. The topological polar surface area (TPSA) is 0 Å². The first-order valence-corrected chi connectivity index (χ1v) is 18.1. The minimum absolute atomic E-state index is 1.37. The summed E-state index contributed by atoms with van der Waals surface area (Å²) in [5.41, 5.74) is 0. The van der Waals surface area contributed by atoms with E-state index in [0.29, 0.717) is 0 Å².